The maximum atomic E-state index is 13.0. The summed E-state index contributed by atoms with van der Waals surface area (Å²) in [6, 6.07) is 9.00. The highest BCUT2D eigenvalue weighted by molar-refractivity contribution is 5.96. The van der Waals surface area contributed by atoms with Crippen LogP contribution in [0.5, 0.6) is 5.75 Å². The van der Waals surface area contributed by atoms with Crippen molar-refractivity contribution in [1.29, 1.82) is 0 Å². The largest absolute Gasteiger partial charge is 0.497 e. The van der Waals surface area contributed by atoms with E-state index in [1.807, 2.05) is 23.1 Å². The van der Waals surface area contributed by atoms with Gasteiger partial charge in [-0.05, 0) is 31.0 Å². The SMILES string of the molecule is COc1cccc(NC(=O)[C@@]2(CCO)CCN(c3ncccn3)C2)c1. The van der Waals surface area contributed by atoms with Crippen molar-refractivity contribution < 1.29 is 14.6 Å². The van der Waals surface area contributed by atoms with Crippen molar-refractivity contribution in [3.63, 3.8) is 0 Å². The average molecular weight is 342 g/mol. The van der Waals surface area contributed by atoms with E-state index in [0.29, 0.717) is 43.3 Å². The molecule has 0 spiro atoms. The van der Waals surface area contributed by atoms with E-state index in [1.54, 1.807) is 31.6 Å². The third kappa shape index (κ3) is 3.71. The van der Waals surface area contributed by atoms with Gasteiger partial charge in [0, 0.05) is 43.8 Å². The zero-order valence-corrected chi connectivity index (χ0v) is 14.2. The van der Waals surface area contributed by atoms with Crippen LogP contribution in [0.2, 0.25) is 0 Å². The number of ether oxygens (including phenoxy) is 1. The quantitative estimate of drug-likeness (QED) is 0.831. The first-order chi connectivity index (χ1) is 12.2. The van der Waals surface area contributed by atoms with Crippen LogP contribution in [0.3, 0.4) is 0 Å². The second kappa shape index (κ2) is 7.48. The number of amides is 1. The maximum absolute atomic E-state index is 13.0. The van der Waals surface area contributed by atoms with Gasteiger partial charge in [0.1, 0.15) is 5.75 Å². The molecule has 7 heteroatoms. The fourth-order valence-corrected chi connectivity index (χ4v) is 3.18. The maximum Gasteiger partial charge on any atom is 0.232 e. The Kier molecular flexibility index (Phi) is 5.14. The Morgan fingerprint density at radius 2 is 2.16 bits per heavy atom. The summed E-state index contributed by atoms with van der Waals surface area (Å²) in [4.78, 5) is 23.5. The van der Waals surface area contributed by atoms with Crippen LogP contribution < -0.4 is 15.0 Å². The van der Waals surface area contributed by atoms with Gasteiger partial charge in [-0.2, -0.15) is 0 Å². The normalized spacial score (nSPS) is 19.7. The summed E-state index contributed by atoms with van der Waals surface area (Å²) in [5.74, 6) is 1.18. The van der Waals surface area contributed by atoms with Crippen molar-refractivity contribution in [3.8, 4) is 5.75 Å². The third-order valence-electron chi connectivity index (χ3n) is 4.59. The molecule has 1 fully saturated rings. The van der Waals surface area contributed by atoms with Crippen LogP contribution in [0.25, 0.3) is 0 Å². The molecule has 0 aliphatic carbocycles. The molecule has 7 nitrogen and oxygen atoms in total. The van der Waals surface area contributed by atoms with Crippen LogP contribution in [0.15, 0.2) is 42.7 Å². The molecule has 1 aliphatic heterocycles. The van der Waals surface area contributed by atoms with Crippen molar-refractivity contribution >= 4 is 17.5 Å². The van der Waals surface area contributed by atoms with Gasteiger partial charge in [-0.3, -0.25) is 4.79 Å². The summed E-state index contributed by atoms with van der Waals surface area (Å²) in [5, 5.41) is 12.5. The van der Waals surface area contributed by atoms with Crippen LogP contribution >= 0.6 is 0 Å². The molecule has 3 rings (SSSR count). The molecule has 1 atom stereocenters. The first kappa shape index (κ1) is 17.2. The summed E-state index contributed by atoms with van der Waals surface area (Å²) < 4.78 is 5.19. The molecular formula is C18H22N4O3. The number of hydrogen-bond donors (Lipinski definition) is 2. The van der Waals surface area contributed by atoms with Crippen molar-refractivity contribution in [2.75, 3.05) is 37.0 Å². The number of rotatable bonds is 6. The predicted molar refractivity (Wildman–Crippen MR) is 94.6 cm³/mol. The molecule has 0 radical (unpaired) electrons. The summed E-state index contributed by atoms with van der Waals surface area (Å²) in [5.41, 5.74) is 0.00731. The molecule has 0 saturated carbocycles. The Hall–Kier alpha value is -2.67. The number of carbonyl (C=O) groups is 1. The Balaban J connectivity index is 1.77. The van der Waals surface area contributed by atoms with Crippen molar-refractivity contribution in [2.24, 2.45) is 5.41 Å². The van der Waals surface area contributed by atoms with E-state index >= 15 is 0 Å². The lowest BCUT2D eigenvalue weighted by Gasteiger charge is -2.27. The lowest BCUT2D eigenvalue weighted by Crippen LogP contribution is -2.40. The molecule has 2 N–H and O–H groups in total. The number of benzene rings is 1. The van der Waals surface area contributed by atoms with Crippen molar-refractivity contribution in [3.05, 3.63) is 42.7 Å². The number of nitrogens with one attached hydrogen (secondary N) is 1. The molecule has 1 saturated heterocycles. The Labute approximate surface area is 146 Å². The monoisotopic (exact) mass is 342 g/mol. The lowest BCUT2D eigenvalue weighted by molar-refractivity contribution is -0.125. The van der Waals surface area contributed by atoms with Gasteiger partial charge in [0.2, 0.25) is 11.9 Å². The third-order valence-corrected chi connectivity index (χ3v) is 4.59. The minimum Gasteiger partial charge on any atom is -0.497 e. The highest BCUT2D eigenvalue weighted by atomic mass is 16.5. The highest BCUT2D eigenvalue weighted by Gasteiger charge is 2.44. The van der Waals surface area contributed by atoms with E-state index in [2.05, 4.69) is 15.3 Å². The Bertz CT molecular complexity index is 725. The molecule has 0 bridgehead atoms. The Morgan fingerprint density at radius 1 is 1.36 bits per heavy atom. The number of nitrogens with zero attached hydrogens (tertiary/aromatic N) is 3. The van der Waals surface area contributed by atoms with Gasteiger partial charge in [-0.25, -0.2) is 9.97 Å². The number of aromatic nitrogens is 2. The summed E-state index contributed by atoms with van der Waals surface area (Å²) >= 11 is 0. The van der Waals surface area contributed by atoms with E-state index in [-0.39, 0.29) is 12.5 Å². The van der Waals surface area contributed by atoms with Crippen LogP contribution in [-0.2, 0) is 4.79 Å². The number of carbonyl (C=O) groups excluding carboxylic acids is 1. The molecule has 2 aromatic rings. The van der Waals surface area contributed by atoms with Crippen molar-refractivity contribution in [1.82, 2.24) is 9.97 Å². The van der Waals surface area contributed by atoms with E-state index in [0.717, 1.165) is 0 Å². The Morgan fingerprint density at radius 3 is 2.88 bits per heavy atom. The molecule has 1 aromatic carbocycles. The van der Waals surface area contributed by atoms with E-state index in [1.165, 1.54) is 0 Å². The number of aliphatic hydroxyl groups excluding tert-OH is 1. The molecule has 1 amide bonds. The van der Waals surface area contributed by atoms with Crippen LogP contribution in [0.4, 0.5) is 11.6 Å². The first-order valence-electron chi connectivity index (χ1n) is 8.25. The van der Waals surface area contributed by atoms with E-state index in [9.17, 15) is 9.90 Å². The van der Waals surface area contributed by atoms with Crippen molar-refractivity contribution in [2.45, 2.75) is 12.8 Å². The van der Waals surface area contributed by atoms with Crippen LogP contribution in [-0.4, -0.2) is 47.8 Å². The second-order valence-corrected chi connectivity index (χ2v) is 6.16. The molecule has 132 valence electrons. The number of anilines is 2. The molecule has 1 aromatic heterocycles. The second-order valence-electron chi connectivity index (χ2n) is 6.16. The molecule has 1 aliphatic rings. The van der Waals surface area contributed by atoms with E-state index < -0.39 is 5.41 Å². The molecule has 25 heavy (non-hydrogen) atoms. The number of hydrogen-bond acceptors (Lipinski definition) is 6. The zero-order valence-electron chi connectivity index (χ0n) is 14.2. The zero-order chi connectivity index (χ0) is 17.7. The fraction of sp³-hybridized carbons (Fsp3) is 0.389. The van der Waals surface area contributed by atoms with Crippen LogP contribution in [0.1, 0.15) is 12.8 Å². The van der Waals surface area contributed by atoms with Gasteiger partial charge in [-0.15, -0.1) is 0 Å². The number of aliphatic hydroxyl groups is 1. The molecular weight excluding hydrogens is 320 g/mol. The topological polar surface area (TPSA) is 87.6 Å². The smallest absolute Gasteiger partial charge is 0.232 e. The minimum atomic E-state index is -0.670. The average Bonchev–Trinajstić information content (AvgIpc) is 3.08. The molecule has 0 unspecified atom stereocenters. The highest BCUT2D eigenvalue weighted by Crippen LogP contribution is 2.36. The van der Waals surface area contributed by atoms with Gasteiger partial charge in [0.05, 0.1) is 12.5 Å². The van der Waals surface area contributed by atoms with Gasteiger partial charge in [0.15, 0.2) is 0 Å². The first-order valence-corrected chi connectivity index (χ1v) is 8.25. The van der Waals surface area contributed by atoms with E-state index in [4.69, 9.17) is 4.74 Å². The standard InChI is InChI=1S/C18H22N4O3/c1-25-15-5-2-4-14(12-15)21-16(24)18(7-11-23)6-10-22(13-18)17-19-8-3-9-20-17/h2-5,8-9,12,23H,6-7,10-11,13H2,1H3,(H,21,24)/t18-/m1/s1. The summed E-state index contributed by atoms with van der Waals surface area (Å²) in [6.07, 6.45) is 4.41. The van der Waals surface area contributed by atoms with Gasteiger partial charge >= 0.3 is 0 Å². The fourth-order valence-electron chi connectivity index (χ4n) is 3.18. The lowest BCUT2D eigenvalue weighted by atomic mass is 9.82. The predicted octanol–water partition coefficient (Wildman–Crippen LogP) is 1.70. The minimum absolute atomic E-state index is 0.0466. The molecule has 2 heterocycles. The van der Waals surface area contributed by atoms with Gasteiger partial charge in [0.25, 0.3) is 0 Å². The number of methoxy groups -OCH3 is 1. The summed E-state index contributed by atoms with van der Waals surface area (Å²) in [7, 11) is 1.59. The van der Waals surface area contributed by atoms with Crippen LogP contribution in [0, 0.1) is 5.41 Å². The van der Waals surface area contributed by atoms with Gasteiger partial charge in [-0.1, -0.05) is 6.07 Å². The summed E-state index contributed by atoms with van der Waals surface area (Å²) in [6.45, 7) is 1.11. The van der Waals surface area contributed by atoms with Gasteiger partial charge < -0.3 is 20.1 Å².